The number of hydrogen-bond donors (Lipinski definition) is 8. The van der Waals surface area contributed by atoms with Crippen LogP contribution in [0.25, 0.3) is 82.4 Å². The largest absolute Gasteiger partial charge is 0.478 e. The number of nitrogens with one attached hydrogen (secondary N) is 5. The van der Waals surface area contributed by atoms with Crippen molar-refractivity contribution in [1.82, 2.24) is 18.3 Å². The van der Waals surface area contributed by atoms with E-state index in [0.29, 0.717) is 101 Å². The van der Waals surface area contributed by atoms with E-state index >= 15 is 0 Å². The number of aryl methyl sites for hydroxylation is 6. The summed E-state index contributed by atoms with van der Waals surface area (Å²) in [6.07, 6.45) is -0.301. The molecular weight excluding hydrogens is 1920 g/mol. The number of aliphatic hydroxyl groups excluding tert-OH is 1. The lowest BCUT2D eigenvalue weighted by Gasteiger charge is -2.15. The third-order valence-electron chi connectivity index (χ3n) is 25.6. The molecule has 8 N–H and O–H groups in total. The number of aliphatic hydroxyl groups is 1. The molecule has 150 heavy (non-hydrogen) atoms. The second-order valence-electron chi connectivity index (χ2n) is 35.3. The second kappa shape index (κ2) is 42.8. The van der Waals surface area contributed by atoms with Crippen molar-refractivity contribution in [2.45, 2.75) is 67.7 Å². The highest BCUT2D eigenvalue weighted by Gasteiger charge is 2.31. The molecule has 4 aromatic heterocycles. The van der Waals surface area contributed by atoms with Crippen LogP contribution in [-0.2, 0) is 29.5 Å². The molecule has 34 nitrogen and oxygen atoms in total. The number of ether oxygens (including phenoxy) is 2. The third-order valence-corrected chi connectivity index (χ3v) is 25.6. The van der Waals surface area contributed by atoms with E-state index in [1.807, 2.05) is 38.1 Å². The van der Waals surface area contributed by atoms with E-state index in [4.69, 9.17) is 14.6 Å². The number of nitrogens with zero attached hydrogens (tertiary/aromatic N) is 4. The number of amides is 5. The van der Waals surface area contributed by atoms with Crippen molar-refractivity contribution in [3.05, 3.63) is 450 Å². The molecular formula is C116H87N9O25. The number of aromatic nitrogens is 4. The number of carbonyl (C=O) groups excluding carboxylic acids is 10. The Labute approximate surface area is 848 Å². The Balaban J connectivity index is 0.000000210. The van der Waals surface area contributed by atoms with E-state index in [9.17, 15) is 106 Å². The molecule has 18 rings (SSSR count). The molecule has 0 saturated heterocycles. The molecule has 5 amide bonds. The van der Waals surface area contributed by atoms with Crippen molar-refractivity contribution < 1.29 is 82.3 Å². The van der Waals surface area contributed by atoms with Crippen LogP contribution in [0.1, 0.15) is 161 Å². The summed E-state index contributed by atoms with van der Waals surface area (Å²) in [6.45, 7) is 12.4. The highest BCUT2D eigenvalue weighted by molar-refractivity contribution is 6.15. The minimum Gasteiger partial charge on any atom is -0.478 e. The van der Waals surface area contributed by atoms with E-state index in [1.165, 1.54) is 98.9 Å². The smallest absolute Gasteiger partial charge is 0.336 e. The lowest BCUT2D eigenvalue weighted by Crippen LogP contribution is -2.24. The standard InChI is InChI=1S/C59H47N3O14.C56H36N6O10.CH4O/c1-5-50(65)43-28-53(75-30-63)48(26-45(43)58(71)72)57(70)62-49-21-16-40(23-34(49)4)39-15-14-38(33(3)22-39)25-52(67)44-29-54(76-31-64)47(27-46(44)59(73)74)56(69)61-42-19-8-35(9-20-42)24-51(66)36-10-12-37(13-11-36)55(68)60-41-17-6-32(2)7-18-41;1-27-5-13-34(14-6-27)57-47(63)30-7-9-31(10-8-30)48(64)58-35-15-17-36(18-16-35)60-51(67)39-25-43-44(26-40(39)52(60)68)56(72)62(55(43)71)46-20-12-33(22-29(46)3)32-11-19-45(28(2)21-32)61-53(69)41-23-37-38(24-42(41)54(61)70)50(66)59(4)49(37)65;1-2/h6-23,26-31H,5,24-25H2,1-4H3,(H,60,68)(H,61,69)(H,62,70)(H,71,72)(H,73,74);5-26H,1-4H3,(H,57,63)(H,58,64);2H,1H3. The molecule has 0 saturated carbocycles. The van der Waals surface area contributed by atoms with Crippen molar-refractivity contribution in [2.75, 3.05) is 33.7 Å². The zero-order valence-electron chi connectivity index (χ0n) is 81.3. The lowest BCUT2D eigenvalue weighted by atomic mass is 9.92. The quantitative estimate of drug-likeness (QED) is 0.0159. The molecule has 0 aliphatic carbocycles. The number of rotatable bonds is 29. The zero-order chi connectivity index (χ0) is 107. The highest BCUT2D eigenvalue weighted by Crippen LogP contribution is 2.35. The van der Waals surface area contributed by atoms with Crippen molar-refractivity contribution in [2.24, 2.45) is 7.05 Å². The van der Waals surface area contributed by atoms with Gasteiger partial charge in [0.25, 0.3) is 87.0 Å². The number of ketones is 3. The number of carboxylic acid groups (broad SMARTS) is 2. The summed E-state index contributed by atoms with van der Waals surface area (Å²) in [7, 11) is 2.33. The number of benzene rings is 14. The van der Waals surface area contributed by atoms with Gasteiger partial charge in [0.2, 0.25) is 0 Å². The number of aromatic carboxylic acids is 2. The van der Waals surface area contributed by atoms with Crippen LogP contribution in [0.4, 0.5) is 28.4 Å². The topological polar surface area (TPSA) is 500 Å². The summed E-state index contributed by atoms with van der Waals surface area (Å²) < 4.78 is 14.0. The van der Waals surface area contributed by atoms with Crippen LogP contribution in [0.5, 0.6) is 11.5 Å². The van der Waals surface area contributed by atoms with Gasteiger partial charge in [0.15, 0.2) is 17.3 Å². The van der Waals surface area contributed by atoms with E-state index < -0.39 is 96.8 Å². The molecule has 0 bridgehead atoms. The van der Waals surface area contributed by atoms with Crippen LogP contribution in [-0.4, -0.2) is 112 Å². The molecule has 14 aromatic carbocycles. The van der Waals surface area contributed by atoms with E-state index in [-0.39, 0.29) is 149 Å². The van der Waals surface area contributed by atoms with Crippen molar-refractivity contribution >= 4 is 143 Å². The molecule has 0 radical (unpaired) electrons. The summed E-state index contributed by atoms with van der Waals surface area (Å²) in [5.74, 6) is -7.81. The third kappa shape index (κ3) is 20.6. The fraction of sp³-hybridized carbons (Fsp3) is 0.103. The van der Waals surface area contributed by atoms with Crippen LogP contribution >= 0.6 is 0 Å². The van der Waals surface area contributed by atoms with Gasteiger partial charge < -0.3 is 51.4 Å². The van der Waals surface area contributed by atoms with Gasteiger partial charge in [-0.1, -0.05) is 103 Å². The van der Waals surface area contributed by atoms with Gasteiger partial charge in [-0.25, -0.2) is 23.3 Å². The Kier molecular flexibility index (Phi) is 29.3. The normalized spacial score (nSPS) is 11.0. The first kappa shape index (κ1) is 103. The summed E-state index contributed by atoms with van der Waals surface area (Å²) in [6, 6.07) is 69.1. The molecule has 0 aliphatic rings. The van der Waals surface area contributed by atoms with Crippen molar-refractivity contribution in [3.63, 3.8) is 0 Å². The monoisotopic (exact) mass is 2010 g/mol. The van der Waals surface area contributed by atoms with Gasteiger partial charge in [0.05, 0.1) is 82.4 Å². The maximum Gasteiger partial charge on any atom is 0.336 e. The van der Waals surface area contributed by atoms with Gasteiger partial charge in [-0.05, 0) is 279 Å². The van der Waals surface area contributed by atoms with Gasteiger partial charge in [0.1, 0.15) is 11.5 Å². The van der Waals surface area contributed by atoms with E-state index in [0.717, 1.165) is 60.8 Å². The molecule has 18 aromatic rings. The fourth-order valence-electron chi connectivity index (χ4n) is 17.6. The number of Topliss-reactive ketones (excluding diaryl/α,β-unsaturated/α-hetero) is 3. The van der Waals surface area contributed by atoms with Gasteiger partial charge in [-0.3, -0.25) is 90.9 Å². The van der Waals surface area contributed by atoms with Crippen LogP contribution in [0.3, 0.4) is 0 Å². The molecule has 4 heterocycles. The molecule has 746 valence electrons. The van der Waals surface area contributed by atoms with Crippen LogP contribution < -0.4 is 80.5 Å². The number of carbonyl (C=O) groups is 12. The Morgan fingerprint density at radius 2 is 0.627 bits per heavy atom. The van der Waals surface area contributed by atoms with Crippen molar-refractivity contribution in [3.8, 4) is 50.8 Å². The minimum atomic E-state index is -1.52. The Morgan fingerprint density at radius 1 is 0.300 bits per heavy atom. The summed E-state index contributed by atoms with van der Waals surface area (Å²) in [4.78, 5) is 261. The van der Waals surface area contributed by atoms with Crippen LogP contribution in [0.15, 0.2) is 305 Å². The number of fused-ring (bicyclic) bond motifs is 4. The number of hydrogen-bond acceptors (Lipinski definition) is 23. The molecule has 34 heteroatoms. The molecule has 0 fully saturated rings. The Morgan fingerprint density at radius 3 is 0.993 bits per heavy atom. The first-order valence-electron chi connectivity index (χ1n) is 46.3. The average molecular weight is 2010 g/mol. The maximum atomic E-state index is 14.0. The van der Waals surface area contributed by atoms with Gasteiger partial charge in [0, 0.05) is 95.2 Å². The average Bonchev–Trinajstić information content (AvgIpc) is 1.57. The SMILES string of the molecule is CCC(=O)c1cc(OC=O)c(C(=O)Nc2ccc(-c3ccc(CC(=O)c4cc(OC=O)c(C(=O)Nc5ccc(CC(=O)c6ccc(C(=O)Nc7ccc(C)cc7)cc6)cc5)cc4C(=O)O)c(C)c3)cc2C)cc1C(=O)O.CO.Cc1ccc(NC(=O)c2ccc(C(=O)Nc3ccc(-n4c(=O)c5cc6c(=O)n(-c7ccc(-c8ccc(-n9c(=O)c%10cc%11c(=O)n(C)c(=O)c%11cc%10c9=O)c(C)c8)cc7C)c(=O)c6cc5c4=O)cc3)cc2)cc1. The molecule has 0 unspecified atom stereocenters. The first-order chi connectivity index (χ1) is 71.8. The van der Waals surface area contributed by atoms with Gasteiger partial charge in [-0.15, -0.1) is 0 Å². The summed E-state index contributed by atoms with van der Waals surface area (Å²) >= 11 is 0. The Hall–Kier alpha value is -20.2. The minimum absolute atomic E-state index is 0.00522. The number of carboxylic acids is 2. The Bertz CT molecular complexity index is 9040. The van der Waals surface area contributed by atoms with Gasteiger partial charge in [-0.2, -0.15) is 0 Å². The summed E-state index contributed by atoms with van der Waals surface area (Å²) in [5.41, 5.74) is 5.66. The van der Waals surface area contributed by atoms with Gasteiger partial charge >= 0.3 is 11.9 Å². The van der Waals surface area contributed by atoms with E-state index in [2.05, 4.69) is 26.6 Å². The second-order valence-corrected chi connectivity index (χ2v) is 35.3. The molecule has 0 spiro atoms. The van der Waals surface area contributed by atoms with Crippen LogP contribution in [0, 0.1) is 41.5 Å². The zero-order valence-corrected chi connectivity index (χ0v) is 81.3. The predicted molar refractivity (Wildman–Crippen MR) is 565 cm³/mol. The molecule has 0 atom stereocenters. The van der Waals surface area contributed by atoms with Crippen LogP contribution in [0.2, 0.25) is 0 Å². The highest BCUT2D eigenvalue weighted by atomic mass is 16.5. The molecule has 0 aliphatic heterocycles. The number of anilines is 5. The summed E-state index contributed by atoms with van der Waals surface area (Å²) in [5, 5.41) is 40.7. The lowest BCUT2D eigenvalue weighted by molar-refractivity contribution is -0.121. The first-order valence-corrected chi connectivity index (χ1v) is 46.3. The van der Waals surface area contributed by atoms with E-state index in [1.54, 1.807) is 161 Å². The predicted octanol–water partition coefficient (Wildman–Crippen LogP) is 15.3. The van der Waals surface area contributed by atoms with Crippen molar-refractivity contribution in [1.29, 1.82) is 0 Å². The maximum absolute atomic E-state index is 14.0. The fourth-order valence-corrected chi connectivity index (χ4v) is 17.6.